The monoisotopic (exact) mass is 365 g/mol. The second kappa shape index (κ2) is 7.66. The molecule has 0 bridgehead atoms. The minimum atomic E-state index is -0.442. The van der Waals surface area contributed by atoms with E-state index in [0.717, 1.165) is 11.1 Å². The first-order valence-electron chi connectivity index (χ1n) is 8.74. The summed E-state index contributed by atoms with van der Waals surface area (Å²) in [6.07, 6.45) is 1.69. The molecule has 0 N–H and O–H groups in total. The van der Waals surface area contributed by atoms with Gasteiger partial charge in [-0.15, -0.1) is 0 Å². The number of hydrogen-bond donors (Lipinski definition) is 0. The Morgan fingerprint density at radius 1 is 1.07 bits per heavy atom. The van der Waals surface area contributed by atoms with Crippen LogP contribution in [0.15, 0.2) is 59.2 Å². The zero-order chi connectivity index (χ0) is 19.4. The summed E-state index contributed by atoms with van der Waals surface area (Å²) in [6.45, 7) is 6.27. The molecule has 0 saturated carbocycles. The van der Waals surface area contributed by atoms with Gasteiger partial charge >= 0.3 is 5.97 Å². The predicted molar refractivity (Wildman–Crippen MR) is 105 cm³/mol. The summed E-state index contributed by atoms with van der Waals surface area (Å²) < 4.78 is 16.6. The van der Waals surface area contributed by atoms with E-state index in [-0.39, 0.29) is 11.1 Å². The molecule has 0 aromatic heterocycles. The Morgan fingerprint density at radius 2 is 1.81 bits per heavy atom. The highest BCUT2D eigenvalue weighted by Gasteiger charge is 2.31. The standard InChI is InChI=1S/C22H23NO4/c1-22(2,3)21-23-17(20(24)27-21)12-16-10-11-18(25-4)19(13-16)26-14-15-8-6-5-7-9-15/h5-13H,14H2,1-4H3/b17-12-. The summed E-state index contributed by atoms with van der Waals surface area (Å²) in [4.78, 5) is 16.4. The van der Waals surface area contributed by atoms with Crippen LogP contribution in [0.2, 0.25) is 0 Å². The number of rotatable bonds is 5. The van der Waals surface area contributed by atoms with Crippen LogP contribution >= 0.6 is 0 Å². The number of benzene rings is 2. The van der Waals surface area contributed by atoms with Crippen molar-refractivity contribution in [2.24, 2.45) is 10.4 Å². The predicted octanol–water partition coefficient (Wildman–Crippen LogP) is 4.62. The van der Waals surface area contributed by atoms with Crippen LogP contribution in [-0.2, 0) is 16.1 Å². The summed E-state index contributed by atoms with van der Waals surface area (Å²) in [5.41, 5.74) is 1.79. The van der Waals surface area contributed by atoms with Crippen molar-refractivity contribution in [3.8, 4) is 11.5 Å². The summed E-state index contributed by atoms with van der Waals surface area (Å²) in [6, 6.07) is 15.4. The molecule has 1 heterocycles. The Morgan fingerprint density at radius 3 is 2.44 bits per heavy atom. The second-order valence-electron chi connectivity index (χ2n) is 7.27. The van der Waals surface area contributed by atoms with Gasteiger partial charge in [-0.25, -0.2) is 9.79 Å². The molecular weight excluding hydrogens is 342 g/mol. The van der Waals surface area contributed by atoms with Gasteiger partial charge in [0.05, 0.1) is 7.11 Å². The van der Waals surface area contributed by atoms with E-state index in [9.17, 15) is 4.79 Å². The molecule has 2 aromatic rings. The Hall–Kier alpha value is -3.08. The molecule has 2 aromatic carbocycles. The van der Waals surface area contributed by atoms with Crippen molar-refractivity contribution in [3.05, 3.63) is 65.4 Å². The first-order valence-corrected chi connectivity index (χ1v) is 8.74. The lowest BCUT2D eigenvalue weighted by Crippen LogP contribution is -2.21. The fourth-order valence-corrected chi connectivity index (χ4v) is 2.52. The summed E-state index contributed by atoms with van der Waals surface area (Å²) >= 11 is 0. The van der Waals surface area contributed by atoms with Gasteiger partial charge in [0.15, 0.2) is 17.2 Å². The molecule has 27 heavy (non-hydrogen) atoms. The molecule has 0 spiro atoms. The third-order valence-electron chi connectivity index (χ3n) is 3.99. The van der Waals surface area contributed by atoms with Crippen molar-refractivity contribution in [1.82, 2.24) is 0 Å². The van der Waals surface area contributed by atoms with Gasteiger partial charge in [0.25, 0.3) is 0 Å². The summed E-state index contributed by atoms with van der Waals surface area (Å²) in [7, 11) is 1.59. The average molecular weight is 365 g/mol. The highest BCUT2D eigenvalue weighted by atomic mass is 16.6. The molecule has 0 atom stereocenters. The van der Waals surface area contributed by atoms with E-state index in [2.05, 4.69) is 4.99 Å². The van der Waals surface area contributed by atoms with Crippen molar-refractivity contribution < 1.29 is 19.0 Å². The van der Waals surface area contributed by atoms with Gasteiger partial charge in [0.1, 0.15) is 6.61 Å². The van der Waals surface area contributed by atoms with E-state index in [4.69, 9.17) is 14.2 Å². The third kappa shape index (κ3) is 4.56. The lowest BCUT2D eigenvalue weighted by molar-refractivity contribution is -0.130. The number of aliphatic imine (C=N–C) groups is 1. The minimum absolute atomic E-state index is 0.277. The zero-order valence-corrected chi connectivity index (χ0v) is 16.0. The van der Waals surface area contributed by atoms with E-state index in [0.29, 0.717) is 24.0 Å². The van der Waals surface area contributed by atoms with E-state index in [1.807, 2.05) is 63.2 Å². The number of hydrogen-bond acceptors (Lipinski definition) is 5. The second-order valence-corrected chi connectivity index (χ2v) is 7.27. The molecule has 1 aliphatic heterocycles. The first-order chi connectivity index (χ1) is 12.9. The Balaban J connectivity index is 1.85. The van der Waals surface area contributed by atoms with E-state index in [1.165, 1.54) is 0 Å². The summed E-state index contributed by atoms with van der Waals surface area (Å²) in [5, 5.41) is 0. The molecule has 5 nitrogen and oxygen atoms in total. The van der Waals surface area contributed by atoms with Crippen LogP contribution in [0, 0.1) is 5.41 Å². The van der Waals surface area contributed by atoms with Crippen LogP contribution < -0.4 is 9.47 Å². The van der Waals surface area contributed by atoms with Crippen LogP contribution in [0.3, 0.4) is 0 Å². The number of nitrogens with zero attached hydrogens (tertiary/aromatic N) is 1. The Kier molecular flexibility index (Phi) is 5.31. The van der Waals surface area contributed by atoms with Crippen molar-refractivity contribution in [2.75, 3.05) is 7.11 Å². The maximum atomic E-state index is 12.1. The molecule has 3 rings (SSSR count). The topological polar surface area (TPSA) is 57.1 Å². The molecule has 0 fully saturated rings. The SMILES string of the molecule is COc1ccc(/C=C2\N=C(C(C)(C)C)OC2=O)cc1OCc1ccccc1. The van der Waals surface area contributed by atoms with Gasteiger partial charge in [-0.3, -0.25) is 0 Å². The molecule has 0 amide bonds. The van der Waals surface area contributed by atoms with Crippen LogP contribution in [0.5, 0.6) is 11.5 Å². The van der Waals surface area contributed by atoms with Crippen LogP contribution in [0.25, 0.3) is 6.08 Å². The largest absolute Gasteiger partial charge is 0.493 e. The highest BCUT2D eigenvalue weighted by molar-refractivity contribution is 6.08. The fraction of sp³-hybridized carbons (Fsp3) is 0.273. The van der Waals surface area contributed by atoms with E-state index >= 15 is 0 Å². The van der Waals surface area contributed by atoms with Crippen molar-refractivity contribution in [2.45, 2.75) is 27.4 Å². The molecule has 0 unspecified atom stereocenters. The lowest BCUT2D eigenvalue weighted by Gasteiger charge is -2.15. The smallest absolute Gasteiger partial charge is 0.363 e. The molecule has 1 aliphatic rings. The van der Waals surface area contributed by atoms with Gasteiger partial charge in [0.2, 0.25) is 5.90 Å². The van der Waals surface area contributed by atoms with Gasteiger partial charge in [0, 0.05) is 5.41 Å². The molecule has 0 aliphatic carbocycles. The number of carbonyl (C=O) groups excluding carboxylic acids is 1. The van der Waals surface area contributed by atoms with Crippen molar-refractivity contribution in [1.29, 1.82) is 0 Å². The third-order valence-corrected chi connectivity index (χ3v) is 3.99. The minimum Gasteiger partial charge on any atom is -0.493 e. The van der Waals surface area contributed by atoms with Crippen molar-refractivity contribution >= 4 is 17.9 Å². The molecular formula is C22H23NO4. The van der Waals surface area contributed by atoms with E-state index < -0.39 is 5.97 Å². The number of methoxy groups -OCH3 is 1. The van der Waals surface area contributed by atoms with Gasteiger partial charge in [-0.2, -0.15) is 0 Å². The average Bonchev–Trinajstić information content (AvgIpc) is 3.02. The van der Waals surface area contributed by atoms with E-state index in [1.54, 1.807) is 19.3 Å². The van der Waals surface area contributed by atoms with Crippen LogP contribution in [0.4, 0.5) is 0 Å². The fourth-order valence-electron chi connectivity index (χ4n) is 2.52. The Labute approximate surface area is 159 Å². The maximum absolute atomic E-state index is 12.1. The van der Waals surface area contributed by atoms with Gasteiger partial charge < -0.3 is 14.2 Å². The maximum Gasteiger partial charge on any atom is 0.363 e. The van der Waals surface area contributed by atoms with Gasteiger partial charge in [-0.1, -0.05) is 57.2 Å². The number of ether oxygens (including phenoxy) is 3. The molecule has 0 radical (unpaired) electrons. The van der Waals surface area contributed by atoms with Crippen molar-refractivity contribution in [3.63, 3.8) is 0 Å². The van der Waals surface area contributed by atoms with Gasteiger partial charge in [-0.05, 0) is 29.3 Å². The highest BCUT2D eigenvalue weighted by Crippen LogP contribution is 2.31. The summed E-state index contributed by atoms with van der Waals surface area (Å²) in [5.74, 6) is 1.21. The molecule has 5 heteroatoms. The lowest BCUT2D eigenvalue weighted by atomic mass is 9.97. The number of carbonyl (C=O) groups is 1. The number of cyclic esters (lactones) is 1. The molecule has 140 valence electrons. The van der Waals surface area contributed by atoms with Crippen LogP contribution in [0.1, 0.15) is 31.9 Å². The normalized spacial score (nSPS) is 15.5. The molecule has 0 saturated heterocycles. The quantitative estimate of drug-likeness (QED) is 0.573. The first kappa shape index (κ1) is 18.7. The Bertz CT molecular complexity index is 892. The van der Waals surface area contributed by atoms with Crippen LogP contribution in [-0.4, -0.2) is 19.0 Å². The number of esters is 1. The zero-order valence-electron chi connectivity index (χ0n) is 16.0.